The Labute approximate surface area is 344 Å². The molecule has 0 spiro atoms. The Hall–Kier alpha value is -4.37. The van der Waals surface area contributed by atoms with E-state index in [1.54, 1.807) is 24.2 Å². The molecule has 15 heteroatoms. The van der Waals surface area contributed by atoms with Gasteiger partial charge in [0.1, 0.15) is 12.3 Å². The Kier molecular flexibility index (Phi) is 10.9. The van der Waals surface area contributed by atoms with E-state index in [9.17, 15) is 36.3 Å². The molecule has 2 saturated carbocycles. The van der Waals surface area contributed by atoms with E-state index >= 15 is 0 Å². The molecule has 2 bridgehead atoms. The molecule has 7 aliphatic rings. The molecule has 1 aromatic heterocycles. The minimum Gasteiger partial charge on any atom is -0.497 e. The van der Waals surface area contributed by atoms with Crippen molar-refractivity contribution in [3.63, 3.8) is 0 Å². The molecule has 8 rings (SSSR count). The molecule has 59 heavy (non-hydrogen) atoms. The zero-order chi connectivity index (χ0) is 42.0. The number of hydrogen-bond donors (Lipinski definition) is 2. The second-order valence-corrected chi connectivity index (χ2v) is 20.2. The molecule has 0 radical (unpaired) electrons. The van der Waals surface area contributed by atoms with Crippen LogP contribution in [0.5, 0.6) is 0 Å². The van der Waals surface area contributed by atoms with Crippen LogP contribution in [-0.2, 0) is 26.1 Å². The number of amides is 2. The van der Waals surface area contributed by atoms with Gasteiger partial charge in [0.2, 0.25) is 10.0 Å². The third-order valence-corrected chi connectivity index (χ3v) is 14.9. The summed E-state index contributed by atoms with van der Waals surface area (Å²) in [5.74, 6) is -0.259. The number of hydrogen-bond acceptors (Lipinski definition) is 8. The van der Waals surface area contributed by atoms with Crippen molar-refractivity contribution in [2.45, 2.75) is 115 Å². The molecule has 11 nitrogen and oxygen atoms in total. The summed E-state index contributed by atoms with van der Waals surface area (Å²) < 4.78 is 77.6. The van der Waals surface area contributed by atoms with Gasteiger partial charge in [-0.25, -0.2) is 13.1 Å². The first-order valence-corrected chi connectivity index (χ1v) is 22.5. The summed E-state index contributed by atoms with van der Waals surface area (Å²) in [6, 6.07) is -0.548. The number of allylic oxidation sites excluding steroid dienone is 6. The molecule has 4 heterocycles. The summed E-state index contributed by atoms with van der Waals surface area (Å²) in [4.78, 5) is 32.2. The van der Waals surface area contributed by atoms with Gasteiger partial charge in [0.05, 0.1) is 41.5 Å². The second-order valence-electron chi connectivity index (χ2n) is 18.0. The molecular formula is C44H54F3N5O6S. The van der Waals surface area contributed by atoms with Crippen molar-refractivity contribution in [1.29, 1.82) is 0 Å². The van der Waals surface area contributed by atoms with E-state index in [4.69, 9.17) is 4.74 Å². The van der Waals surface area contributed by atoms with Crippen LogP contribution in [0.15, 0.2) is 82.0 Å². The van der Waals surface area contributed by atoms with Crippen LogP contribution >= 0.6 is 0 Å². The van der Waals surface area contributed by atoms with Crippen LogP contribution in [-0.4, -0.2) is 94.7 Å². The van der Waals surface area contributed by atoms with Crippen molar-refractivity contribution in [2.24, 2.45) is 17.8 Å². The largest absolute Gasteiger partial charge is 0.497 e. The average molecular weight is 838 g/mol. The highest BCUT2D eigenvalue weighted by Gasteiger charge is 2.45. The zero-order valence-electron chi connectivity index (χ0n) is 34.1. The number of aromatic nitrogens is 2. The van der Waals surface area contributed by atoms with Crippen molar-refractivity contribution in [1.82, 2.24) is 24.3 Å². The highest BCUT2D eigenvalue weighted by Crippen LogP contribution is 2.51. The predicted molar refractivity (Wildman–Crippen MR) is 217 cm³/mol. The number of nitrogens with one attached hydrogen (secondary N) is 1. The molecule has 0 aromatic carbocycles. The first-order valence-electron chi connectivity index (χ1n) is 20.9. The molecule has 1 saturated heterocycles. The molecular weight excluding hydrogens is 784 g/mol. The number of carbonyl (C=O) groups is 2. The molecule has 4 aliphatic carbocycles. The standard InChI is InChI=1S/C44H54F3N5O6S/c1-26(2)59(56,57)49-41(53)30-12-14-35-37(18-30)51-24-32(16-31-17-33(58-4)13-15-34(31)40(51)38(35)29-8-6-5-7-9-29)39-36(21-48-52(39)25-44(45,46)47)42(54)50-22-27-10-11-28(23-50)20-43(3,55)19-27/h12-14,16-18,21,26-29,37,55H,5-11,15,19-20,22-25H2,1-4H3,(H,49,53). The molecule has 3 atom stereocenters. The number of sulfonamides is 1. The lowest BCUT2D eigenvalue weighted by Crippen LogP contribution is -2.43. The van der Waals surface area contributed by atoms with Gasteiger partial charge in [-0.05, 0) is 142 Å². The van der Waals surface area contributed by atoms with Crippen LogP contribution in [0.4, 0.5) is 13.2 Å². The number of aliphatic hydroxyl groups is 1. The third kappa shape index (κ3) is 8.25. The maximum absolute atomic E-state index is 14.8. The number of halogens is 3. The minimum atomic E-state index is -4.64. The number of ether oxygens (including phenoxy) is 1. The van der Waals surface area contributed by atoms with Crippen LogP contribution in [0.25, 0.3) is 5.57 Å². The molecule has 2 N–H and O–H groups in total. The first-order chi connectivity index (χ1) is 27.9. The number of alkyl halides is 3. The fourth-order valence-electron chi connectivity index (χ4n) is 10.5. The van der Waals surface area contributed by atoms with E-state index in [0.29, 0.717) is 43.7 Å². The Morgan fingerprint density at radius 1 is 1.05 bits per heavy atom. The zero-order valence-corrected chi connectivity index (χ0v) is 35.0. The van der Waals surface area contributed by atoms with Crippen molar-refractivity contribution in [3.05, 3.63) is 93.2 Å². The topological polar surface area (TPSA) is 134 Å². The van der Waals surface area contributed by atoms with Gasteiger partial charge in [0.15, 0.2) is 0 Å². The van der Waals surface area contributed by atoms with Gasteiger partial charge in [-0.2, -0.15) is 18.3 Å². The smallest absolute Gasteiger partial charge is 0.408 e. The van der Waals surface area contributed by atoms with E-state index in [0.717, 1.165) is 77.6 Å². The van der Waals surface area contributed by atoms with Crippen molar-refractivity contribution < 1.29 is 41.0 Å². The van der Waals surface area contributed by atoms with Gasteiger partial charge >= 0.3 is 6.18 Å². The summed E-state index contributed by atoms with van der Waals surface area (Å²) in [5, 5.41) is 14.5. The Morgan fingerprint density at radius 2 is 1.75 bits per heavy atom. The van der Waals surface area contributed by atoms with Crippen LogP contribution in [0, 0.1) is 17.8 Å². The van der Waals surface area contributed by atoms with Crippen molar-refractivity contribution in [3.8, 4) is 0 Å². The lowest BCUT2D eigenvalue weighted by molar-refractivity contribution is -0.142. The summed E-state index contributed by atoms with van der Waals surface area (Å²) >= 11 is 0. The lowest BCUT2D eigenvalue weighted by Gasteiger charge is -2.35. The van der Waals surface area contributed by atoms with E-state index in [1.165, 1.54) is 20.0 Å². The monoisotopic (exact) mass is 837 g/mol. The molecule has 2 amide bonds. The molecule has 318 valence electrons. The lowest BCUT2D eigenvalue weighted by atomic mass is 9.78. The minimum absolute atomic E-state index is 0.0496. The quantitative estimate of drug-likeness (QED) is 0.290. The van der Waals surface area contributed by atoms with Crippen molar-refractivity contribution >= 4 is 27.4 Å². The fourth-order valence-corrected chi connectivity index (χ4v) is 11.1. The summed E-state index contributed by atoms with van der Waals surface area (Å²) in [5.41, 5.74) is 4.68. The Bertz CT molecular complexity index is 2230. The van der Waals surface area contributed by atoms with Gasteiger partial charge in [0, 0.05) is 30.9 Å². The van der Waals surface area contributed by atoms with E-state index in [2.05, 4.69) is 14.7 Å². The van der Waals surface area contributed by atoms with E-state index in [1.807, 2.05) is 31.2 Å². The van der Waals surface area contributed by atoms with Gasteiger partial charge in [-0.1, -0.05) is 25.3 Å². The summed E-state index contributed by atoms with van der Waals surface area (Å²) in [7, 11) is -2.37. The summed E-state index contributed by atoms with van der Waals surface area (Å²) in [6.45, 7) is 4.26. The SMILES string of the molecule is COC1=CCC2=C3C(C4CCCCC4)=C4C=CC(C(=O)NS(=O)(=O)C(C)C)=CC4N3CC(c3c(C(=O)N4CC5CCC(C4)CC(C)(O)C5)cnn3CC(F)(F)F)=CC2=C1. The normalized spacial score (nSPS) is 27.6. The Morgan fingerprint density at radius 3 is 2.39 bits per heavy atom. The van der Waals surface area contributed by atoms with Gasteiger partial charge in [-0.15, -0.1) is 0 Å². The van der Waals surface area contributed by atoms with E-state index in [-0.39, 0.29) is 41.1 Å². The van der Waals surface area contributed by atoms with Gasteiger partial charge in [-0.3, -0.25) is 14.3 Å². The number of fused-ring (bicyclic) bond motifs is 7. The first kappa shape index (κ1) is 41.4. The van der Waals surface area contributed by atoms with Crippen LogP contribution < -0.4 is 4.72 Å². The Balaban J connectivity index is 1.26. The predicted octanol–water partition coefficient (Wildman–Crippen LogP) is 6.88. The highest BCUT2D eigenvalue weighted by atomic mass is 32.2. The molecule has 1 aromatic rings. The second kappa shape index (κ2) is 15.6. The van der Waals surface area contributed by atoms with Crippen LogP contribution in [0.2, 0.25) is 0 Å². The van der Waals surface area contributed by atoms with Gasteiger partial charge in [0.25, 0.3) is 11.8 Å². The molecule has 3 unspecified atom stereocenters. The van der Waals surface area contributed by atoms with Crippen LogP contribution in [0.1, 0.15) is 101 Å². The molecule has 3 fully saturated rings. The number of carbonyl (C=O) groups excluding carboxylic acids is 2. The van der Waals surface area contributed by atoms with E-state index < -0.39 is 51.5 Å². The average Bonchev–Trinajstić information content (AvgIpc) is 3.52. The number of methoxy groups -OCH3 is 1. The highest BCUT2D eigenvalue weighted by molar-refractivity contribution is 7.90. The van der Waals surface area contributed by atoms with Crippen molar-refractivity contribution in [2.75, 3.05) is 26.7 Å². The number of rotatable bonds is 8. The third-order valence-electron chi connectivity index (χ3n) is 13.2. The summed E-state index contributed by atoms with van der Waals surface area (Å²) in [6.07, 6.45) is 16.1. The maximum atomic E-state index is 14.8. The maximum Gasteiger partial charge on any atom is 0.408 e. The molecule has 3 aliphatic heterocycles. The number of nitrogens with zero attached hydrogens (tertiary/aromatic N) is 4. The number of likely N-dealkylation sites (tertiary alicyclic amines) is 1. The van der Waals surface area contributed by atoms with Crippen LogP contribution in [0.3, 0.4) is 0 Å². The van der Waals surface area contributed by atoms with Gasteiger partial charge < -0.3 is 19.6 Å². The fraction of sp³-hybridized carbons (Fsp3) is 0.568.